The van der Waals surface area contributed by atoms with Crippen molar-refractivity contribution in [3.63, 3.8) is 0 Å². The summed E-state index contributed by atoms with van der Waals surface area (Å²) in [6, 6.07) is 1.73. The topological polar surface area (TPSA) is 30.2 Å². The number of carbonyl (C=O) groups excluding carboxylic acids is 1. The Morgan fingerprint density at radius 3 is 2.67 bits per heavy atom. The third-order valence-electron chi connectivity index (χ3n) is 2.40. The van der Waals surface area contributed by atoms with Crippen molar-refractivity contribution in [3.05, 3.63) is 22.1 Å². The van der Waals surface area contributed by atoms with Gasteiger partial charge in [-0.3, -0.25) is 4.79 Å². The van der Waals surface area contributed by atoms with Gasteiger partial charge in [0.05, 0.1) is 4.47 Å². The molecule has 2 nitrogen and oxygen atoms in total. The van der Waals surface area contributed by atoms with E-state index in [0.717, 1.165) is 29.4 Å². The van der Waals surface area contributed by atoms with Gasteiger partial charge in [0.1, 0.15) is 5.76 Å². The predicted octanol–water partition coefficient (Wildman–Crippen LogP) is 4.37. The molecule has 0 N–H and O–H groups in total. The summed E-state index contributed by atoms with van der Waals surface area (Å²) < 4.78 is 6.27. The molecule has 1 rings (SSSR count). The van der Waals surface area contributed by atoms with Gasteiger partial charge in [0.2, 0.25) is 0 Å². The molecule has 15 heavy (non-hydrogen) atoms. The molecule has 3 heteroatoms. The van der Waals surface area contributed by atoms with Gasteiger partial charge in [-0.15, -0.1) is 0 Å². The molecule has 84 valence electrons. The lowest BCUT2D eigenvalue weighted by atomic mass is 10.1. The Morgan fingerprint density at radius 2 is 2.07 bits per heavy atom. The molecule has 1 aromatic rings. The van der Waals surface area contributed by atoms with Crippen molar-refractivity contribution in [1.29, 1.82) is 0 Å². The monoisotopic (exact) mass is 272 g/mol. The van der Waals surface area contributed by atoms with Crippen LogP contribution in [0, 0.1) is 0 Å². The van der Waals surface area contributed by atoms with E-state index in [1.807, 2.05) is 0 Å². The molecule has 0 saturated heterocycles. The fourth-order valence-corrected chi connectivity index (χ4v) is 2.05. The number of hydrogen-bond acceptors (Lipinski definition) is 2. The van der Waals surface area contributed by atoms with Gasteiger partial charge in [-0.2, -0.15) is 0 Å². The van der Waals surface area contributed by atoms with Crippen molar-refractivity contribution in [2.75, 3.05) is 0 Å². The van der Waals surface area contributed by atoms with Crippen molar-refractivity contribution in [3.8, 4) is 0 Å². The maximum absolute atomic E-state index is 10.5. The summed E-state index contributed by atoms with van der Waals surface area (Å²) >= 11 is 3.39. The van der Waals surface area contributed by atoms with Crippen molar-refractivity contribution in [2.45, 2.75) is 45.4 Å². The average molecular weight is 273 g/mol. The van der Waals surface area contributed by atoms with Gasteiger partial charge >= 0.3 is 0 Å². The highest BCUT2D eigenvalue weighted by Gasteiger charge is 2.07. The van der Waals surface area contributed by atoms with Crippen LogP contribution >= 0.6 is 15.9 Å². The van der Waals surface area contributed by atoms with Crippen molar-refractivity contribution in [2.24, 2.45) is 0 Å². The normalized spacial score (nSPS) is 10.5. The van der Waals surface area contributed by atoms with Crippen LogP contribution in [0.4, 0.5) is 0 Å². The maximum atomic E-state index is 10.5. The first-order chi connectivity index (χ1) is 7.27. The summed E-state index contributed by atoms with van der Waals surface area (Å²) in [6.45, 7) is 2.21. The molecule has 0 saturated carbocycles. The Labute approximate surface area is 99.2 Å². The molecule has 0 bridgehead atoms. The Morgan fingerprint density at radius 1 is 1.33 bits per heavy atom. The van der Waals surface area contributed by atoms with E-state index in [1.165, 1.54) is 25.7 Å². The van der Waals surface area contributed by atoms with E-state index < -0.39 is 0 Å². The highest BCUT2D eigenvalue weighted by atomic mass is 79.9. The summed E-state index contributed by atoms with van der Waals surface area (Å²) in [5.74, 6) is 1.30. The maximum Gasteiger partial charge on any atom is 0.185 e. The van der Waals surface area contributed by atoms with E-state index >= 15 is 0 Å². The zero-order chi connectivity index (χ0) is 11.1. The van der Waals surface area contributed by atoms with E-state index in [0.29, 0.717) is 5.76 Å². The quantitative estimate of drug-likeness (QED) is 0.545. The van der Waals surface area contributed by atoms with Gasteiger partial charge in [-0.05, 0) is 22.4 Å². The number of aldehydes is 1. The fourth-order valence-electron chi connectivity index (χ4n) is 1.54. The molecule has 1 aromatic heterocycles. The molecule has 0 unspecified atom stereocenters. The van der Waals surface area contributed by atoms with Crippen LogP contribution in [0.15, 0.2) is 15.0 Å². The molecule has 1 heterocycles. The number of unbranched alkanes of at least 4 members (excludes halogenated alkanes) is 4. The van der Waals surface area contributed by atoms with Crippen LogP contribution in [0.25, 0.3) is 0 Å². The highest BCUT2D eigenvalue weighted by Crippen LogP contribution is 2.22. The number of halogens is 1. The lowest BCUT2D eigenvalue weighted by Gasteiger charge is -1.98. The molecular weight excluding hydrogens is 256 g/mol. The largest absolute Gasteiger partial charge is 0.457 e. The Hall–Kier alpha value is -0.570. The molecule has 0 aliphatic heterocycles. The van der Waals surface area contributed by atoms with Crippen LogP contribution in [-0.2, 0) is 6.42 Å². The smallest absolute Gasteiger partial charge is 0.185 e. The summed E-state index contributed by atoms with van der Waals surface area (Å²) in [5.41, 5.74) is 0. The Bertz CT molecular complexity index is 305. The highest BCUT2D eigenvalue weighted by molar-refractivity contribution is 9.10. The second-order valence-corrected chi connectivity index (χ2v) is 4.56. The molecular formula is C12H17BrO2. The van der Waals surface area contributed by atoms with Gasteiger partial charge in [0.25, 0.3) is 0 Å². The van der Waals surface area contributed by atoms with Gasteiger partial charge in [0.15, 0.2) is 12.0 Å². The van der Waals surface area contributed by atoms with Crippen LogP contribution in [0.1, 0.15) is 55.3 Å². The third-order valence-corrected chi connectivity index (χ3v) is 3.07. The van der Waals surface area contributed by atoms with Crippen LogP contribution < -0.4 is 0 Å². The minimum atomic E-state index is 0.408. The van der Waals surface area contributed by atoms with Gasteiger partial charge in [-0.25, -0.2) is 0 Å². The SMILES string of the molecule is CCCCCCCc1oc(C=O)cc1Br. The Balaban J connectivity index is 2.30. The van der Waals surface area contributed by atoms with E-state index in [9.17, 15) is 4.79 Å². The number of furan rings is 1. The number of carbonyl (C=O) groups is 1. The molecule has 0 aliphatic rings. The van der Waals surface area contributed by atoms with E-state index in [4.69, 9.17) is 4.42 Å². The van der Waals surface area contributed by atoms with Gasteiger partial charge in [0, 0.05) is 12.5 Å². The number of aryl methyl sites for hydroxylation is 1. The third kappa shape index (κ3) is 4.20. The average Bonchev–Trinajstić information content (AvgIpc) is 2.59. The standard InChI is InChI=1S/C12H17BrO2/c1-2-3-4-5-6-7-12-11(13)8-10(9-14)15-12/h8-9H,2-7H2,1H3. The lowest BCUT2D eigenvalue weighted by molar-refractivity contribution is 0.109. The molecule has 0 radical (unpaired) electrons. The second-order valence-electron chi connectivity index (χ2n) is 3.70. The molecule has 0 fully saturated rings. The van der Waals surface area contributed by atoms with Crippen LogP contribution in [0.2, 0.25) is 0 Å². The van der Waals surface area contributed by atoms with Crippen molar-refractivity contribution >= 4 is 22.2 Å². The lowest BCUT2D eigenvalue weighted by Crippen LogP contribution is -1.84. The molecule has 0 aliphatic carbocycles. The zero-order valence-corrected chi connectivity index (χ0v) is 10.7. The first-order valence-electron chi connectivity index (χ1n) is 5.51. The number of rotatable bonds is 7. The van der Waals surface area contributed by atoms with Crippen LogP contribution in [0.3, 0.4) is 0 Å². The molecule has 0 amide bonds. The predicted molar refractivity (Wildman–Crippen MR) is 64.3 cm³/mol. The summed E-state index contributed by atoms with van der Waals surface area (Å²) in [5, 5.41) is 0. The second kappa shape index (κ2) is 6.83. The van der Waals surface area contributed by atoms with E-state index in [2.05, 4.69) is 22.9 Å². The number of hydrogen-bond donors (Lipinski definition) is 0. The minimum Gasteiger partial charge on any atom is -0.457 e. The van der Waals surface area contributed by atoms with E-state index in [-0.39, 0.29) is 0 Å². The minimum absolute atomic E-state index is 0.408. The van der Waals surface area contributed by atoms with Crippen molar-refractivity contribution in [1.82, 2.24) is 0 Å². The molecule has 0 atom stereocenters. The first-order valence-corrected chi connectivity index (χ1v) is 6.30. The fraction of sp³-hybridized carbons (Fsp3) is 0.583. The molecule has 0 aromatic carbocycles. The van der Waals surface area contributed by atoms with Crippen LogP contribution in [0.5, 0.6) is 0 Å². The van der Waals surface area contributed by atoms with Gasteiger partial charge < -0.3 is 4.42 Å². The first kappa shape index (κ1) is 12.5. The van der Waals surface area contributed by atoms with E-state index in [1.54, 1.807) is 6.07 Å². The van der Waals surface area contributed by atoms with Crippen molar-refractivity contribution < 1.29 is 9.21 Å². The summed E-state index contributed by atoms with van der Waals surface area (Å²) in [6.07, 6.45) is 7.87. The van der Waals surface area contributed by atoms with Gasteiger partial charge in [-0.1, -0.05) is 32.6 Å². The molecule has 0 spiro atoms. The zero-order valence-electron chi connectivity index (χ0n) is 9.09. The van der Waals surface area contributed by atoms with Crippen LogP contribution in [-0.4, -0.2) is 6.29 Å². The Kier molecular flexibility index (Phi) is 5.69. The summed E-state index contributed by atoms with van der Waals surface area (Å²) in [7, 11) is 0. The summed E-state index contributed by atoms with van der Waals surface area (Å²) in [4.78, 5) is 10.5.